The molecule has 0 bridgehead atoms. The standard InChI is InChI=1S/C7H15F2N/c1-3-5-10-6(4-2)7(8)9/h6-7,10H,3-5H2,1-2H3. The van der Waals surface area contributed by atoms with Crippen LogP contribution in [0.15, 0.2) is 0 Å². The van der Waals surface area contributed by atoms with Gasteiger partial charge in [-0.25, -0.2) is 8.78 Å². The summed E-state index contributed by atoms with van der Waals surface area (Å²) in [6.07, 6.45) is -0.822. The molecule has 0 aliphatic carbocycles. The molecule has 1 atom stereocenters. The molecule has 1 nitrogen and oxygen atoms in total. The fourth-order valence-corrected chi connectivity index (χ4v) is 0.741. The van der Waals surface area contributed by atoms with Crippen molar-refractivity contribution in [2.45, 2.75) is 39.2 Å². The Balaban J connectivity index is 3.40. The second-order valence-corrected chi connectivity index (χ2v) is 2.30. The maximum atomic E-state index is 12.0. The van der Waals surface area contributed by atoms with Crippen LogP contribution in [0.2, 0.25) is 0 Å². The monoisotopic (exact) mass is 151 g/mol. The summed E-state index contributed by atoms with van der Waals surface area (Å²) in [5, 5.41) is 2.77. The Morgan fingerprint density at radius 1 is 1.30 bits per heavy atom. The molecule has 0 aromatic rings. The number of alkyl halides is 2. The van der Waals surface area contributed by atoms with Gasteiger partial charge in [-0.1, -0.05) is 13.8 Å². The Morgan fingerprint density at radius 3 is 2.20 bits per heavy atom. The van der Waals surface area contributed by atoms with Crippen LogP contribution in [0, 0.1) is 0 Å². The zero-order valence-electron chi connectivity index (χ0n) is 6.53. The predicted molar refractivity (Wildman–Crippen MR) is 38.4 cm³/mol. The van der Waals surface area contributed by atoms with Crippen LogP contribution in [0.25, 0.3) is 0 Å². The van der Waals surface area contributed by atoms with Gasteiger partial charge in [0.1, 0.15) is 0 Å². The Labute approximate surface area is 60.8 Å². The molecule has 0 aliphatic heterocycles. The van der Waals surface area contributed by atoms with Crippen LogP contribution >= 0.6 is 0 Å². The van der Waals surface area contributed by atoms with Gasteiger partial charge in [-0.2, -0.15) is 0 Å². The van der Waals surface area contributed by atoms with Gasteiger partial charge in [0.15, 0.2) is 0 Å². The number of halogens is 2. The number of nitrogens with one attached hydrogen (secondary N) is 1. The molecule has 3 heteroatoms. The van der Waals surface area contributed by atoms with Gasteiger partial charge >= 0.3 is 0 Å². The molecule has 0 aromatic heterocycles. The van der Waals surface area contributed by atoms with E-state index in [1.165, 1.54) is 0 Å². The van der Waals surface area contributed by atoms with Crippen LogP contribution in [-0.4, -0.2) is 19.0 Å². The first-order valence-electron chi connectivity index (χ1n) is 3.73. The van der Waals surface area contributed by atoms with E-state index in [0.29, 0.717) is 13.0 Å². The fraction of sp³-hybridized carbons (Fsp3) is 1.00. The minimum absolute atomic E-state index is 0.498. The summed E-state index contributed by atoms with van der Waals surface area (Å²) < 4.78 is 23.9. The molecule has 10 heavy (non-hydrogen) atoms. The molecule has 0 radical (unpaired) electrons. The number of hydrogen-bond donors (Lipinski definition) is 1. The van der Waals surface area contributed by atoms with Crippen LogP contribution in [0.3, 0.4) is 0 Å². The summed E-state index contributed by atoms with van der Waals surface area (Å²) in [6, 6.07) is -0.611. The lowest BCUT2D eigenvalue weighted by atomic mass is 10.2. The highest BCUT2D eigenvalue weighted by molar-refractivity contribution is 4.65. The van der Waals surface area contributed by atoms with E-state index in [1.807, 2.05) is 6.92 Å². The Kier molecular flexibility index (Phi) is 5.49. The van der Waals surface area contributed by atoms with Crippen molar-refractivity contribution >= 4 is 0 Å². The first-order chi connectivity index (χ1) is 4.72. The van der Waals surface area contributed by atoms with Crippen molar-refractivity contribution in [1.82, 2.24) is 5.32 Å². The zero-order chi connectivity index (χ0) is 7.98. The van der Waals surface area contributed by atoms with E-state index in [0.717, 1.165) is 6.42 Å². The van der Waals surface area contributed by atoms with E-state index < -0.39 is 12.5 Å². The number of rotatable bonds is 5. The maximum Gasteiger partial charge on any atom is 0.253 e. The first-order valence-corrected chi connectivity index (χ1v) is 3.73. The average molecular weight is 151 g/mol. The van der Waals surface area contributed by atoms with Crippen molar-refractivity contribution in [1.29, 1.82) is 0 Å². The van der Waals surface area contributed by atoms with Crippen molar-refractivity contribution in [2.24, 2.45) is 0 Å². The van der Waals surface area contributed by atoms with E-state index in [1.54, 1.807) is 6.92 Å². The summed E-state index contributed by atoms with van der Waals surface area (Å²) >= 11 is 0. The van der Waals surface area contributed by atoms with Crippen molar-refractivity contribution in [3.8, 4) is 0 Å². The van der Waals surface area contributed by atoms with E-state index >= 15 is 0 Å². The summed E-state index contributed by atoms with van der Waals surface area (Å²) in [4.78, 5) is 0. The van der Waals surface area contributed by atoms with Gasteiger partial charge in [-0.15, -0.1) is 0 Å². The summed E-state index contributed by atoms with van der Waals surface area (Å²) in [5.41, 5.74) is 0. The molecule has 0 fully saturated rings. The van der Waals surface area contributed by atoms with Crippen molar-refractivity contribution in [2.75, 3.05) is 6.54 Å². The van der Waals surface area contributed by atoms with Gasteiger partial charge in [-0.3, -0.25) is 0 Å². The lowest BCUT2D eigenvalue weighted by Gasteiger charge is -2.14. The Hall–Kier alpha value is -0.180. The Morgan fingerprint density at radius 2 is 1.90 bits per heavy atom. The SMILES string of the molecule is CCCNC(CC)C(F)F. The fourth-order valence-electron chi connectivity index (χ4n) is 0.741. The van der Waals surface area contributed by atoms with Crippen molar-refractivity contribution in [3.05, 3.63) is 0 Å². The predicted octanol–water partition coefficient (Wildman–Crippen LogP) is 2.03. The highest BCUT2D eigenvalue weighted by Crippen LogP contribution is 2.03. The summed E-state index contributed by atoms with van der Waals surface area (Å²) in [7, 11) is 0. The smallest absolute Gasteiger partial charge is 0.253 e. The molecule has 0 aromatic carbocycles. The van der Waals surface area contributed by atoms with Crippen LogP contribution < -0.4 is 5.32 Å². The Bertz CT molecular complexity index is 76.0. The molecule has 62 valence electrons. The van der Waals surface area contributed by atoms with E-state index in [2.05, 4.69) is 5.32 Å². The molecular formula is C7H15F2N. The molecule has 1 unspecified atom stereocenters. The highest BCUT2D eigenvalue weighted by atomic mass is 19.3. The molecule has 1 N–H and O–H groups in total. The van der Waals surface area contributed by atoms with Crippen LogP contribution in [0.1, 0.15) is 26.7 Å². The summed E-state index contributed by atoms with van der Waals surface area (Å²) in [6.45, 7) is 4.41. The second-order valence-electron chi connectivity index (χ2n) is 2.30. The van der Waals surface area contributed by atoms with Crippen molar-refractivity contribution in [3.63, 3.8) is 0 Å². The molecule has 0 spiro atoms. The van der Waals surface area contributed by atoms with Crippen LogP contribution in [-0.2, 0) is 0 Å². The third-order valence-corrected chi connectivity index (χ3v) is 1.40. The quantitative estimate of drug-likeness (QED) is 0.634. The van der Waals surface area contributed by atoms with Gasteiger partial charge in [0, 0.05) is 0 Å². The van der Waals surface area contributed by atoms with Gasteiger partial charge in [-0.05, 0) is 19.4 Å². The third-order valence-electron chi connectivity index (χ3n) is 1.40. The van der Waals surface area contributed by atoms with Gasteiger partial charge in [0.05, 0.1) is 6.04 Å². The topological polar surface area (TPSA) is 12.0 Å². The van der Waals surface area contributed by atoms with E-state index in [9.17, 15) is 8.78 Å². The average Bonchev–Trinajstić information content (AvgIpc) is 1.89. The van der Waals surface area contributed by atoms with Gasteiger partial charge in [0.25, 0.3) is 6.43 Å². The minimum Gasteiger partial charge on any atom is -0.309 e. The first kappa shape index (κ1) is 9.82. The second kappa shape index (κ2) is 5.59. The lowest BCUT2D eigenvalue weighted by Crippen LogP contribution is -2.35. The molecule has 0 heterocycles. The molecule has 0 saturated carbocycles. The highest BCUT2D eigenvalue weighted by Gasteiger charge is 2.15. The third kappa shape index (κ3) is 3.77. The van der Waals surface area contributed by atoms with Gasteiger partial charge < -0.3 is 5.32 Å². The van der Waals surface area contributed by atoms with E-state index in [-0.39, 0.29) is 0 Å². The van der Waals surface area contributed by atoms with Gasteiger partial charge in [0.2, 0.25) is 0 Å². The molecular weight excluding hydrogens is 136 g/mol. The largest absolute Gasteiger partial charge is 0.309 e. The summed E-state index contributed by atoms with van der Waals surface area (Å²) in [5.74, 6) is 0. The molecule has 0 rings (SSSR count). The number of hydrogen-bond acceptors (Lipinski definition) is 1. The molecule has 0 aliphatic rings. The normalized spacial score (nSPS) is 14.1. The van der Waals surface area contributed by atoms with Crippen LogP contribution in [0.5, 0.6) is 0 Å². The van der Waals surface area contributed by atoms with Crippen LogP contribution in [0.4, 0.5) is 8.78 Å². The van der Waals surface area contributed by atoms with Crippen molar-refractivity contribution < 1.29 is 8.78 Å². The lowest BCUT2D eigenvalue weighted by molar-refractivity contribution is 0.0965. The zero-order valence-corrected chi connectivity index (χ0v) is 6.53. The molecule has 0 amide bonds. The van der Waals surface area contributed by atoms with E-state index in [4.69, 9.17) is 0 Å². The maximum absolute atomic E-state index is 12.0. The molecule has 0 saturated heterocycles. The minimum atomic E-state index is -2.23.